The number of alkyl halides is 3. The highest BCUT2D eigenvalue weighted by Gasteiger charge is 2.32. The van der Waals surface area contributed by atoms with E-state index < -0.39 is 11.7 Å². The van der Waals surface area contributed by atoms with Crippen molar-refractivity contribution in [3.8, 4) is 0 Å². The Labute approximate surface area is 98.5 Å². The molecule has 0 N–H and O–H groups in total. The summed E-state index contributed by atoms with van der Waals surface area (Å²) in [7, 11) is 0. The van der Waals surface area contributed by atoms with Crippen LogP contribution in [0.5, 0.6) is 0 Å². The van der Waals surface area contributed by atoms with Crippen molar-refractivity contribution in [1.29, 1.82) is 0 Å². The maximum Gasteiger partial charge on any atom is 0.417 e. The van der Waals surface area contributed by atoms with Crippen LogP contribution in [-0.2, 0) is 6.18 Å². The van der Waals surface area contributed by atoms with Crippen LogP contribution in [0.3, 0.4) is 0 Å². The third-order valence-electron chi connectivity index (χ3n) is 1.19. The Balaban J connectivity index is -0.0000000807. The van der Waals surface area contributed by atoms with E-state index in [2.05, 4.69) is 12.6 Å². The second-order valence-corrected chi connectivity index (χ2v) is 2.43. The Kier molecular flexibility index (Phi) is 19.8. The Morgan fingerprint density at radius 1 is 0.875 bits per heavy atom. The van der Waals surface area contributed by atoms with Crippen molar-refractivity contribution >= 4 is 25.0 Å². The Morgan fingerprint density at radius 2 is 1.25 bits per heavy atom. The van der Waals surface area contributed by atoms with Crippen LogP contribution in [0.1, 0.15) is 5.56 Å². The van der Waals surface area contributed by atoms with Crippen molar-refractivity contribution in [1.82, 2.24) is 0 Å². The summed E-state index contributed by atoms with van der Waals surface area (Å²) in [4.78, 5) is -0.153. The standard InChI is InChI=1S/C7H4F3S.ClH.4FH/c8-7(9,10)5-3-1-2-4-6(5)11;;;;;/h1-4H;5*1H. The molecule has 0 nitrogen and oxygen atoms in total. The van der Waals surface area contributed by atoms with E-state index in [1.165, 1.54) is 18.2 Å². The van der Waals surface area contributed by atoms with Crippen LogP contribution >= 0.6 is 25.0 Å². The molecule has 1 rings (SSSR count). The quantitative estimate of drug-likeness (QED) is 0.626. The van der Waals surface area contributed by atoms with Crippen LogP contribution in [0, 0.1) is 0 Å². The van der Waals surface area contributed by atoms with Gasteiger partial charge in [-0.25, -0.2) is 0 Å². The van der Waals surface area contributed by atoms with Gasteiger partial charge < -0.3 is 0 Å². The molecular weight excluding hydrogens is 285 g/mol. The van der Waals surface area contributed by atoms with Gasteiger partial charge in [0.15, 0.2) is 0 Å². The second kappa shape index (κ2) is 10.7. The van der Waals surface area contributed by atoms with Gasteiger partial charge in [-0.2, -0.15) is 13.2 Å². The first-order valence-corrected chi connectivity index (χ1v) is 3.26. The lowest BCUT2D eigenvalue weighted by molar-refractivity contribution is -0.139. The van der Waals surface area contributed by atoms with Crippen molar-refractivity contribution < 1.29 is 32.0 Å². The van der Waals surface area contributed by atoms with Crippen molar-refractivity contribution in [3.05, 3.63) is 29.8 Å². The number of benzene rings is 1. The molecular formula is C7H9ClF7S. The maximum absolute atomic E-state index is 12.0. The van der Waals surface area contributed by atoms with Gasteiger partial charge >= 0.3 is 6.18 Å². The number of halogens is 8. The molecule has 0 saturated heterocycles. The highest BCUT2D eigenvalue weighted by molar-refractivity contribution is 7.80. The SMILES string of the molecule is Cl.F.F.F.F.FC(F)(F)c1ccccc1[S]. The van der Waals surface area contributed by atoms with E-state index in [-0.39, 0.29) is 36.1 Å². The van der Waals surface area contributed by atoms with Gasteiger partial charge in [0.2, 0.25) is 0 Å². The van der Waals surface area contributed by atoms with E-state index in [9.17, 15) is 13.2 Å². The normalized spacial score (nSPS) is 7.94. The first-order valence-electron chi connectivity index (χ1n) is 2.85. The van der Waals surface area contributed by atoms with E-state index in [4.69, 9.17) is 0 Å². The molecule has 0 bridgehead atoms. The minimum absolute atomic E-state index is 0. The third-order valence-corrected chi connectivity index (χ3v) is 1.55. The zero-order valence-electron chi connectivity index (χ0n) is 7.39. The van der Waals surface area contributed by atoms with Crippen LogP contribution < -0.4 is 0 Å². The second-order valence-electron chi connectivity index (χ2n) is 1.99. The van der Waals surface area contributed by atoms with Gasteiger partial charge in [-0.3, -0.25) is 18.8 Å². The van der Waals surface area contributed by atoms with Gasteiger partial charge in [0.1, 0.15) is 0 Å². The highest BCUT2D eigenvalue weighted by atomic mass is 35.5. The zero-order chi connectivity index (χ0) is 8.48. The molecule has 1 aromatic rings. The van der Waals surface area contributed by atoms with Crippen LogP contribution in [0.25, 0.3) is 0 Å². The highest BCUT2D eigenvalue weighted by Crippen LogP contribution is 2.33. The minimum Gasteiger partial charge on any atom is -0.269 e. The van der Waals surface area contributed by atoms with E-state index in [0.717, 1.165) is 6.07 Å². The number of rotatable bonds is 0. The molecule has 0 amide bonds. The molecule has 0 unspecified atom stereocenters. The van der Waals surface area contributed by atoms with Crippen LogP contribution in [-0.4, -0.2) is 0 Å². The van der Waals surface area contributed by atoms with E-state index in [0.29, 0.717) is 0 Å². The van der Waals surface area contributed by atoms with Gasteiger partial charge in [-0.05, 0) is 12.1 Å². The zero-order valence-corrected chi connectivity index (χ0v) is 9.03. The van der Waals surface area contributed by atoms with Crippen molar-refractivity contribution in [3.63, 3.8) is 0 Å². The summed E-state index contributed by atoms with van der Waals surface area (Å²) in [6.45, 7) is 0. The number of hydrogen-bond donors (Lipinski definition) is 0. The summed E-state index contributed by atoms with van der Waals surface area (Å²) in [6, 6.07) is 5.04. The van der Waals surface area contributed by atoms with Crippen LogP contribution in [0.15, 0.2) is 29.2 Å². The predicted octanol–water partition coefficient (Wildman–Crippen LogP) is 4.29. The molecule has 0 heterocycles. The predicted molar refractivity (Wildman–Crippen MR) is 54.6 cm³/mol. The van der Waals surface area contributed by atoms with Gasteiger partial charge in [0, 0.05) is 4.90 Å². The topological polar surface area (TPSA) is 0 Å². The van der Waals surface area contributed by atoms with Crippen LogP contribution in [0.2, 0.25) is 0 Å². The molecule has 1 radical (unpaired) electrons. The van der Waals surface area contributed by atoms with Gasteiger partial charge in [0.25, 0.3) is 0 Å². The molecule has 9 heteroatoms. The molecule has 0 aromatic heterocycles. The first-order chi connectivity index (χ1) is 5.02. The van der Waals surface area contributed by atoms with Gasteiger partial charge in [0.05, 0.1) is 5.56 Å². The fraction of sp³-hybridized carbons (Fsp3) is 0.143. The molecule has 16 heavy (non-hydrogen) atoms. The molecule has 0 spiro atoms. The largest absolute Gasteiger partial charge is 0.417 e. The van der Waals surface area contributed by atoms with E-state index >= 15 is 0 Å². The average molecular weight is 294 g/mol. The summed E-state index contributed by atoms with van der Waals surface area (Å²) in [6.07, 6.45) is -4.32. The average Bonchev–Trinajstić information content (AvgIpc) is 1.86. The minimum atomic E-state index is -4.32. The molecule has 0 atom stereocenters. The monoisotopic (exact) mass is 293 g/mol. The summed E-state index contributed by atoms with van der Waals surface area (Å²) >= 11 is 4.48. The molecule has 0 fully saturated rings. The number of hydrogen-bond acceptors (Lipinski definition) is 0. The molecule has 1 aromatic carbocycles. The smallest absolute Gasteiger partial charge is 0.269 e. The van der Waals surface area contributed by atoms with Gasteiger partial charge in [-0.15, -0.1) is 12.4 Å². The Hall–Kier alpha value is -0.760. The summed E-state index contributed by atoms with van der Waals surface area (Å²) in [5.74, 6) is 0. The first kappa shape index (κ1) is 29.5. The fourth-order valence-electron chi connectivity index (χ4n) is 0.701. The van der Waals surface area contributed by atoms with Crippen molar-refractivity contribution in [2.45, 2.75) is 11.1 Å². The van der Waals surface area contributed by atoms with Gasteiger partial charge in [-0.1, -0.05) is 24.8 Å². The molecule has 0 aliphatic rings. The molecule has 0 aliphatic carbocycles. The Morgan fingerprint density at radius 3 is 1.50 bits per heavy atom. The van der Waals surface area contributed by atoms with Crippen LogP contribution in [0.4, 0.5) is 32.0 Å². The summed E-state index contributed by atoms with van der Waals surface area (Å²) in [5.41, 5.74) is -0.741. The van der Waals surface area contributed by atoms with Crippen molar-refractivity contribution in [2.75, 3.05) is 0 Å². The lowest BCUT2D eigenvalue weighted by Crippen LogP contribution is -2.05. The van der Waals surface area contributed by atoms with E-state index in [1.54, 1.807) is 0 Å². The summed E-state index contributed by atoms with van der Waals surface area (Å²) < 4.78 is 35.9. The Bertz CT molecular complexity index is 265. The maximum atomic E-state index is 12.0. The molecule has 0 aliphatic heterocycles. The third kappa shape index (κ3) is 7.52. The van der Waals surface area contributed by atoms with E-state index in [1.807, 2.05) is 0 Å². The van der Waals surface area contributed by atoms with Crippen molar-refractivity contribution in [2.24, 2.45) is 0 Å². The molecule has 99 valence electrons. The summed E-state index contributed by atoms with van der Waals surface area (Å²) in [5, 5.41) is 0. The fourth-order valence-corrected chi connectivity index (χ4v) is 0.963. The molecule has 0 saturated carbocycles. The lowest BCUT2D eigenvalue weighted by atomic mass is 10.2. The lowest BCUT2D eigenvalue weighted by Gasteiger charge is -2.06.